The van der Waals surface area contributed by atoms with Crippen molar-refractivity contribution in [2.24, 2.45) is 5.92 Å². The standard InChI is InChI=1S/C12H18O2/c1-10(2)8-9-14-12-6-4-11(13-3)5-7-12/h4-7,10H,8-9H2,1-3H3. The lowest BCUT2D eigenvalue weighted by Crippen LogP contribution is -2.01. The molecule has 0 fully saturated rings. The van der Waals surface area contributed by atoms with Crippen molar-refractivity contribution < 1.29 is 9.47 Å². The molecule has 14 heavy (non-hydrogen) atoms. The molecule has 1 aromatic rings. The van der Waals surface area contributed by atoms with Gasteiger partial charge in [0.05, 0.1) is 13.7 Å². The maximum atomic E-state index is 5.56. The fraction of sp³-hybridized carbons (Fsp3) is 0.500. The van der Waals surface area contributed by atoms with Crippen LogP contribution in [0.25, 0.3) is 0 Å². The lowest BCUT2D eigenvalue weighted by Gasteiger charge is -2.08. The van der Waals surface area contributed by atoms with Gasteiger partial charge in [0.25, 0.3) is 0 Å². The zero-order valence-corrected chi connectivity index (χ0v) is 9.12. The van der Waals surface area contributed by atoms with Gasteiger partial charge in [-0.3, -0.25) is 0 Å². The minimum absolute atomic E-state index is 0.688. The second-order valence-corrected chi connectivity index (χ2v) is 3.71. The fourth-order valence-electron chi connectivity index (χ4n) is 1.08. The maximum absolute atomic E-state index is 5.56. The fourth-order valence-corrected chi connectivity index (χ4v) is 1.08. The van der Waals surface area contributed by atoms with Gasteiger partial charge in [-0.05, 0) is 36.6 Å². The van der Waals surface area contributed by atoms with Crippen LogP contribution in [0.15, 0.2) is 24.3 Å². The molecule has 0 atom stereocenters. The molecule has 0 amide bonds. The molecule has 0 saturated heterocycles. The predicted octanol–water partition coefficient (Wildman–Crippen LogP) is 3.12. The van der Waals surface area contributed by atoms with E-state index in [0.29, 0.717) is 5.92 Å². The summed E-state index contributed by atoms with van der Waals surface area (Å²) in [6.45, 7) is 5.17. The number of hydrogen-bond acceptors (Lipinski definition) is 2. The Morgan fingerprint density at radius 3 is 2.14 bits per heavy atom. The van der Waals surface area contributed by atoms with Crippen molar-refractivity contribution in [3.05, 3.63) is 24.3 Å². The van der Waals surface area contributed by atoms with E-state index >= 15 is 0 Å². The topological polar surface area (TPSA) is 18.5 Å². The molecule has 0 aromatic heterocycles. The van der Waals surface area contributed by atoms with Crippen LogP contribution in [0.5, 0.6) is 11.5 Å². The molecule has 0 N–H and O–H groups in total. The lowest BCUT2D eigenvalue weighted by atomic mass is 10.1. The number of hydrogen-bond donors (Lipinski definition) is 0. The van der Waals surface area contributed by atoms with E-state index in [0.717, 1.165) is 24.5 Å². The van der Waals surface area contributed by atoms with Gasteiger partial charge >= 0.3 is 0 Å². The van der Waals surface area contributed by atoms with Crippen molar-refractivity contribution in [1.29, 1.82) is 0 Å². The van der Waals surface area contributed by atoms with Crippen LogP contribution in [0.4, 0.5) is 0 Å². The van der Waals surface area contributed by atoms with Crippen molar-refractivity contribution >= 4 is 0 Å². The van der Waals surface area contributed by atoms with Gasteiger partial charge in [-0.15, -0.1) is 0 Å². The number of rotatable bonds is 5. The Hall–Kier alpha value is -1.18. The van der Waals surface area contributed by atoms with E-state index in [-0.39, 0.29) is 0 Å². The molecule has 78 valence electrons. The minimum Gasteiger partial charge on any atom is -0.497 e. The van der Waals surface area contributed by atoms with Crippen molar-refractivity contribution in [2.75, 3.05) is 13.7 Å². The Morgan fingerprint density at radius 2 is 1.64 bits per heavy atom. The van der Waals surface area contributed by atoms with Crippen molar-refractivity contribution in [3.8, 4) is 11.5 Å². The van der Waals surface area contributed by atoms with Gasteiger partial charge < -0.3 is 9.47 Å². The third-order valence-electron chi connectivity index (χ3n) is 2.02. The first-order chi connectivity index (χ1) is 6.72. The van der Waals surface area contributed by atoms with Crippen LogP contribution in [0.3, 0.4) is 0 Å². The molecule has 2 heteroatoms. The predicted molar refractivity (Wildman–Crippen MR) is 57.9 cm³/mol. The van der Waals surface area contributed by atoms with E-state index in [9.17, 15) is 0 Å². The molecule has 0 radical (unpaired) electrons. The second kappa shape index (κ2) is 5.53. The average molecular weight is 194 g/mol. The molecule has 0 aliphatic heterocycles. The third kappa shape index (κ3) is 3.69. The van der Waals surface area contributed by atoms with Crippen molar-refractivity contribution in [2.45, 2.75) is 20.3 Å². The molecule has 0 heterocycles. The van der Waals surface area contributed by atoms with Crippen LogP contribution in [0.1, 0.15) is 20.3 Å². The number of benzene rings is 1. The highest BCUT2D eigenvalue weighted by atomic mass is 16.5. The van der Waals surface area contributed by atoms with E-state index in [1.165, 1.54) is 0 Å². The van der Waals surface area contributed by atoms with Crippen LogP contribution < -0.4 is 9.47 Å². The summed E-state index contributed by atoms with van der Waals surface area (Å²) in [5.41, 5.74) is 0. The van der Waals surface area contributed by atoms with Gasteiger partial charge in [0.15, 0.2) is 0 Å². The van der Waals surface area contributed by atoms with Gasteiger partial charge in [-0.25, -0.2) is 0 Å². The molecule has 0 saturated carbocycles. The molecule has 1 aromatic carbocycles. The number of methoxy groups -OCH3 is 1. The summed E-state index contributed by atoms with van der Waals surface area (Å²) in [4.78, 5) is 0. The summed E-state index contributed by atoms with van der Waals surface area (Å²) < 4.78 is 10.6. The SMILES string of the molecule is COc1ccc(OCCC(C)C)cc1. The Kier molecular flexibility index (Phi) is 4.30. The normalized spacial score (nSPS) is 10.3. The number of ether oxygens (including phenoxy) is 2. The van der Waals surface area contributed by atoms with Gasteiger partial charge in [0, 0.05) is 0 Å². The van der Waals surface area contributed by atoms with Crippen LogP contribution in [0.2, 0.25) is 0 Å². The van der Waals surface area contributed by atoms with Crippen LogP contribution in [0, 0.1) is 5.92 Å². The third-order valence-corrected chi connectivity index (χ3v) is 2.02. The summed E-state index contributed by atoms with van der Waals surface area (Å²) in [5.74, 6) is 2.46. The summed E-state index contributed by atoms with van der Waals surface area (Å²) in [6.07, 6.45) is 1.09. The largest absolute Gasteiger partial charge is 0.497 e. The van der Waals surface area contributed by atoms with Gasteiger partial charge in [0.2, 0.25) is 0 Å². The van der Waals surface area contributed by atoms with Crippen LogP contribution in [-0.4, -0.2) is 13.7 Å². The first-order valence-corrected chi connectivity index (χ1v) is 4.99. The summed E-state index contributed by atoms with van der Waals surface area (Å²) in [6, 6.07) is 7.67. The van der Waals surface area contributed by atoms with E-state index in [4.69, 9.17) is 9.47 Å². The van der Waals surface area contributed by atoms with Crippen molar-refractivity contribution in [1.82, 2.24) is 0 Å². The van der Waals surface area contributed by atoms with E-state index < -0.39 is 0 Å². The zero-order valence-electron chi connectivity index (χ0n) is 9.12. The second-order valence-electron chi connectivity index (χ2n) is 3.71. The molecule has 0 bridgehead atoms. The Balaban J connectivity index is 2.36. The van der Waals surface area contributed by atoms with Gasteiger partial charge in [0.1, 0.15) is 11.5 Å². The lowest BCUT2D eigenvalue weighted by molar-refractivity contribution is 0.289. The summed E-state index contributed by atoms with van der Waals surface area (Å²) in [5, 5.41) is 0. The Labute approximate surface area is 85.8 Å². The van der Waals surface area contributed by atoms with Gasteiger partial charge in [-0.2, -0.15) is 0 Å². The molecule has 1 rings (SSSR count). The highest BCUT2D eigenvalue weighted by Gasteiger charge is 1.96. The van der Waals surface area contributed by atoms with Crippen LogP contribution in [-0.2, 0) is 0 Å². The zero-order chi connectivity index (χ0) is 10.4. The quantitative estimate of drug-likeness (QED) is 0.717. The van der Waals surface area contributed by atoms with E-state index in [1.54, 1.807) is 7.11 Å². The maximum Gasteiger partial charge on any atom is 0.119 e. The molecular formula is C12H18O2. The molecule has 2 nitrogen and oxygen atoms in total. The summed E-state index contributed by atoms with van der Waals surface area (Å²) in [7, 11) is 1.66. The Morgan fingerprint density at radius 1 is 1.07 bits per heavy atom. The molecular weight excluding hydrogens is 176 g/mol. The Bertz CT molecular complexity index is 252. The van der Waals surface area contributed by atoms with Gasteiger partial charge in [-0.1, -0.05) is 13.8 Å². The smallest absolute Gasteiger partial charge is 0.119 e. The molecule has 0 aliphatic rings. The highest BCUT2D eigenvalue weighted by molar-refractivity contribution is 5.31. The summed E-state index contributed by atoms with van der Waals surface area (Å²) >= 11 is 0. The van der Waals surface area contributed by atoms with E-state index in [2.05, 4.69) is 13.8 Å². The average Bonchev–Trinajstić information content (AvgIpc) is 2.18. The van der Waals surface area contributed by atoms with Crippen LogP contribution >= 0.6 is 0 Å². The molecule has 0 unspecified atom stereocenters. The minimum atomic E-state index is 0.688. The first kappa shape index (κ1) is 10.9. The first-order valence-electron chi connectivity index (χ1n) is 4.99. The monoisotopic (exact) mass is 194 g/mol. The molecule has 0 spiro atoms. The highest BCUT2D eigenvalue weighted by Crippen LogP contribution is 2.17. The van der Waals surface area contributed by atoms with Crippen molar-refractivity contribution in [3.63, 3.8) is 0 Å². The molecule has 0 aliphatic carbocycles. The van der Waals surface area contributed by atoms with E-state index in [1.807, 2.05) is 24.3 Å².